The second-order valence-corrected chi connectivity index (χ2v) is 17.2. The third-order valence-corrected chi connectivity index (χ3v) is 13.6. The zero-order valence-electron chi connectivity index (χ0n) is 35.2. The third kappa shape index (κ3) is 5.39. The molecule has 0 fully saturated rings. The van der Waals surface area contributed by atoms with Gasteiger partial charge in [-0.1, -0.05) is 146 Å². The lowest BCUT2D eigenvalue weighted by molar-refractivity contribution is 0.487. The number of anilines is 2. The number of furan rings is 1. The van der Waals surface area contributed by atoms with Gasteiger partial charge in [-0.25, -0.2) is 0 Å². The van der Waals surface area contributed by atoms with E-state index in [0.717, 1.165) is 83.8 Å². The largest absolute Gasteiger partial charge is 0.458 e. The van der Waals surface area contributed by atoms with Crippen LogP contribution in [-0.2, 0) is 0 Å². The van der Waals surface area contributed by atoms with Crippen LogP contribution in [0, 0.1) is 0 Å². The van der Waals surface area contributed by atoms with Crippen molar-refractivity contribution in [2.75, 3.05) is 4.81 Å². The summed E-state index contributed by atoms with van der Waals surface area (Å²) < 4.78 is 15.7. The van der Waals surface area contributed by atoms with Crippen molar-refractivity contribution in [1.29, 1.82) is 0 Å². The third-order valence-electron chi connectivity index (χ3n) is 13.6. The minimum absolute atomic E-state index is 0.115. The molecular formula is C60H37BN2O2. The van der Waals surface area contributed by atoms with E-state index in [1.807, 2.05) is 12.1 Å². The van der Waals surface area contributed by atoms with Gasteiger partial charge in [0.15, 0.2) is 0 Å². The van der Waals surface area contributed by atoms with E-state index in [1.165, 1.54) is 44.0 Å². The van der Waals surface area contributed by atoms with Crippen molar-refractivity contribution in [1.82, 2.24) is 4.57 Å². The Morgan fingerprint density at radius 3 is 1.75 bits per heavy atom. The molecule has 0 spiro atoms. The molecule has 0 unspecified atom stereocenters. The highest BCUT2D eigenvalue weighted by molar-refractivity contribution is 6.92. The first-order chi connectivity index (χ1) is 32.2. The van der Waals surface area contributed by atoms with Gasteiger partial charge in [-0.3, -0.25) is 0 Å². The van der Waals surface area contributed by atoms with Gasteiger partial charge in [-0.05, 0) is 118 Å². The summed E-state index contributed by atoms with van der Waals surface area (Å²) in [6.07, 6.45) is 0. The highest BCUT2D eigenvalue weighted by Crippen LogP contribution is 2.48. The molecule has 65 heavy (non-hydrogen) atoms. The van der Waals surface area contributed by atoms with Crippen molar-refractivity contribution in [2.45, 2.75) is 0 Å². The predicted octanol–water partition coefficient (Wildman–Crippen LogP) is 14.7. The Morgan fingerprint density at radius 1 is 0.354 bits per heavy atom. The predicted molar refractivity (Wildman–Crippen MR) is 270 cm³/mol. The van der Waals surface area contributed by atoms with Gasteiger partial charge in [-0.15, -0.1) is 0 Å². The summed E-state index contributed by atoms with van der Waals surface area (Å²) in [6, 6.07) is 81.0. The summed E-state index contributed by atoms with van der Waals surface area (Å²) in [5.41, 5.74) is 19.0. The second-order valence-electron chi connectivity index (χ2n) is 17.2. The quantitative estimate of drug-likeness (QED) is 0.162. The number of fused-ring (bicyclic) bond motifs is 10. The Balaban J connectivity index is 1.01. The molecule has 4 heterocycles. The summed E-state index contributed by atoms with van der Waals surface area (Å²) in [5, 5.41) is 4.72. The number of aromatic nitrogens is 1. The van der Waals surface area contributed by atoms with Crippen LogP contribution >= 0.6 is 0 Å². The molecule has 0 atom stereocenters. The van der Waals surface area contributed by atoms with E-state index in [2.05, 4.69) is 222 Å². The van der Waals surface area contributed by atoms with Crippen LogP contribution in [0.5, 0.6) is 11.5 Å². The van der Waals surface area contributed by atoms with E-state index in [9.17, 15) is 0 Å². The van der Waals surface area contributed by atoms with Crippen LogP contribution in [0.15, 0.2) is 229 Å². The van der Waals surface area contributed by atoms with E-state index < -0.39 is 0 Å². The standard InChI is InChI=1S/C60H37BN2O2/c1-2-16-41(17-3-1)63-55-32-30-38(42-18-4-5-19-43(42)39-31-33-57-49(35-39)47-23-9-14-28-56(47)64-57)34-48(55)50-36-40(37-59-60(50)61(63)51-24-10-15-29-58(51)65-59)44-20-6-11-25-52(44)62-53-26-12-7-21-45(53)46-22-8-13-27-54(46)62/h1-37H. The van der Waals surface area contributed by atoms with Gasteiger partial charge >= 0.3 is 6.85 Å². The van der Waals surface area contributed by atoms with Crippen LogP contribution in [0.3, 0.4) is 0 Å². The fourth-order valence-electron chi connectivity index (χ4n) is 10.8. The molecule has 0 bridgehead atoms. The number of rotatable bonds is 5. The summed E-state index contributed by atoms with van der Waals surface area (Å²) in [7, 11) is 0. The zero-order valence-corrected chi connectivity index (χ0v) is 35.2. The van der Waals surface area contributed by atoms with Crippen LogP contribution in [-0.4, -0.2) is 11.4 Å². The molecular weight excluding hydrogens is 791 g/mol. The molecule has 0 aliphatic carbocycles. The Hall–Kier alpha value is -8.54. The molecule has 0 radical (unpaired) electrons. The van der Waals surface area contributed by atoms with Gasteiger partial charge in [0.1, 0.15) is 22.7 Å². The normalized spacial score (nSPS) is 12.7. The lowest BCUT2D eigenvalue weighted by atomic mass is 9.44. The zero-order chi connectivity index (χ0) is 42.6. The number of hydrogen-bond donors (Lipinski definition) is 0. The maximum Gasteiger partial charge on any atom is 0.336 e. The van der Waals surface area contributed by atoms with Crippen LogP contribution in [0.25, 0.3) is 93.9 Å². The Kier molecular flexibility index (Phi) is 7.75. The maximum atomic E-state index is 7.07. The Labute approximate surface area is 375 Å². The molecule has 0 saturated heterocycles. The molecule has 14 rings (SSSR count). The van der Waals surface area contributed by atoms with E-state index in [-0.39, 0.29) is 6.85 Å². The minimum atomic E-state index is -0.115. The van der Waals surface area contributed by atoms with Gasteiger partial charge in [0.2, 0.25) is 0 Å². The van der Waals surface area contributed by atoms with E-state index in [4.69, 9.17) is 9.15 Å². The molecule has 302 valence electrons. The molecule has 2 aromatic heterocycles. The van der Waals surface area contributed by atoms with Crippen molar-refractivity contribution in [2.24, 2.45) is 0 Å². The molecule has 4 nitrogen and oxygen atoms in total. The van der Waals surface area contributed by atoms with Gasteiger partial charge in [0, 0.05) is 49.5 Å². The molecule has 5 heteroatoms. The van der Waals surface area contributed by atoms with Crippen LogP contribution < -0.4 is 20.5 Å². The first-order valence-electron chi connectivity index (χ1n) is 22.3. The fraction of sp³-hybridized carbons (Fsp3) is 0. The van der Waals surface area contributed by atoms with Gasteiger partial charge in [0.25, 0.3) is 0 Å². The average Bonchev–Trinajstić information content (AvgIpc) is 3.92. The minimum Gasteiger partial charge on any atom is -0.458 e. The molecule has 12 aromatic rings. The number of para-hydroxylation sites is 6. The van der Waals surface area contributed by atoms with Gasteiger partial charge in [-0.2, -0.15) is 0 Å². The van der Waals surface area contributed by atoms with E-state index in [0.29, 0.717) is 0 Å². The fourth-order valence-corrected chi connectivity index (χ4v) is 10.8. The van der Waals surface area contributed by atoms with Crippen molar-refractivity contribution in [3.8, 4) is 61.7 Å². The SMILES string of the molecule is c1ccc(N2B3c4ccccc4Oc4cc(-c5ccccc5-n5c6ccccc6c6ccccc65)cc(c43)-c3cc(-c4ccccc4-c4ccc5oc6ccccc6c5c4)ccc32)cc1. The monoisotopic (exact) mass is 828 g/mol. The van der Waals surface area contributed by atoms with Crippen molar-refractivity contribution < 1.29 is 9.15 Å². The van der Waals surface area contributed by atoms with Gasteiger partial charge < -0.3 is 18.5 Å². The average molecular weight is 829 g/mol. The molecule has 2 aliphatic rings. The van der Waals surface area contributed by atoms with Crippen LogP contribution in [0.1, 0.15) is 0 Å². The molecule has 10 aromatic carbocycles. The smallest absolute Gasteiger partial charge is 0.336 e. The summed E-state index contributed by atoms with van der Waals surface area (Å²) >= 11 is 0. The van der Waals surface area contributed by atoms with Crippen molar-refractivity contribution >= 4 is 72.9 Å². The Bertz CT molecular complexity index is 3850. The van der Waals surface area contributed by atoms with Crippen molar-refractivity contribution in [3.63, 3.8) is 0 Å². The number of benzene rings is 10. The summed E-state index contributed by atoms with van der Waals surface area (Å²) in [5.74, 6) is 1.75. The highest BCUT2D eigenvalue weighted by Gasteiger charge is 2.44. The maximum absolute atomic E-state index is 7.07. The first-order valence-corrected chi connectivity index (χ1v) is 22.3. The van der Waals surface area contributed by atoms with E-state index >= 15 is 0 Å². The van der Waals surface area contributed by atoms with Crippen LogP contribution in [0.4, 0.5) is 11.4 Å². The number of nitrogens with zero attached hydrogens (tertiary/aromatic N) is 2. The lowest BCUT2D eigenvalue weighted by Gasteiger charge is -2.42. The Morgan fingerprint density at radius 2 is 0.954 bits per heavy atom. The molecule has 0 N–H and O–H groups in total. The van der Waals surface area contributed by atoms with Crippen molar-refractivity contribution in [3.05, 3.63) is 224 Å². The lowest BCUT2D eigenvalue weighted by Crippen LogP contribution is -2.59. The van der Waals surface area contributed by atoms with Crippen LogP contribution in [0.2, 0.25) is 0 Å². The van der Waals surface area contributed by atoms with Gasteiger partial charge in [0.05, 0.1) is 16.7 Å². The number of ether oxygens (including phenoxy) is 1. The summed E-state index contributed by atoms with van der Waals surface area (Å²) in [6.45, 7) is -0.115. The topological polar surface area (TPSA) is 30.5 Å². The molecule has 2 aliphatic heterocycles. The number of hydrogen-bond acceptors (Lipinski definition) is 3. The second kappa shape index (κ2) is 14.0. The molecule has 0 amide bonds. The van der Waals surface area contributed by atoms with E-state index in [1.54, 1.807) is 0 Å². The highest BCUT2D eigenvalue weighted by atomic mass is 16.5. The molecule has 0 saturated carbocycles. The summed E-state index contributed by atoms with van der Waals surface area (Å²) in [4.78, 5) is 2.52. The first kappa shape index (κ1) is 36.0.